The van der Waals surface area contributed by atoms with Gasteiger partial charge in [-0.15, -0.1) is 0 Å². The molecule has 3 aromatic rings. The number of halogens is 1. The van der Waals surface area contributed by atoms with Crippen LogP contribution in [0.2, 0.25) is 5.02 Å². The molecule has 1 fully saturated rings. The topological polar surface area (TPSA) is 83.9 Å². The second-order valence-corrected chi connectivity index (χ2v) is 9.52. The van der Waals surface area contributed by atoms with E-state index in [9.17, 15) is 14.4 Å². The largest absolute Gasteiger partial charge is 0.438 e. The third-order valence-corrected chi connectivity index (χ3v) is 7.32. The molecule has 182 valence electrons. The first-order valence-corrected chi connectivity index (χ1v) is 12.1. The van der Waals surface area contributed by atoms with E-state index in [0.717, 1.165) is 22.2 Å². The number of carbonyl (C=O) groups is 3. The number of likely N-dealkylation sites (tertiary alicyclic amines) is 1. The number of piperidine rings is 1. The van der Waals surface area contributed by atoms with E-state index in [1.54, 1.807) is 39.7 Å². The van der Waals surface area contributed by atoms with Gasteiger partial charge in [0.25, 0.3) is 5.91 Å². The van der Waals surface area contributed by atoms with Crippen LogP contribution in [0.5, 0.6) is 0 Å². The Morgan fingerprint density at radius 1 is 1.17 bits per heavy atom. The Balaban J connectivity index is 1.41. The number of nitrogens with one attached hydrogen (secondary N) is 1. The molecule has 5 rings (SSSR count). The van der Waals surface area contributed by atoms with Crippen molar-refractivity contribution in [2.24, 2.45) is 0 Å². The normalized spacial score (nSPS) is 16.5. The molecule has 1 N–H and O–H groups in total. The minimum Gasteiger partial charge on any atom is -0.438 e. The third-order valence-electron chi connectivity index (χ3n) is 7.08. The minimum atomic E-state index is -0.742. The smallest absolute Gasteiger partial charge is 0.412 e. The Kier molecular flexibility index (Phi) is 5.92. The van der Waals surface area contributed by atoms with Gasteiger partial charge in [0, 0.05) is 61.7 Å². The molecule has 1 spiro atoms. The van der Waals surface area contributed by atoms with Crippen LogP contribution in [0.15, 0.2) is 48.7 Å². The van der Waals surface area contributed by atoms with Crippen molar-refractivity contribution in [2.45, 2.75) is 31.9 Å². The summed E-state index contributed by atoms with van der Waals surface area (Å²) in [5.41, 5.74) is 2.23. The summed E-state index contributed by atoms with van der Waals surface area (Å²) in [6.07, 6.45) is 2.29. The SMILES string of the molecule is CCN(C)C(=O)Cn1cc(C(=O)N2CCC3(CC2)OC(=O)Nc2ccccc23)c2ccc(Cl)cc21. The van der Waals surface area contributed by atoms with Crippen molar-refractivity contribution in [3.05, 3.63) is 64.8 Å². The van der Waals surface area contributed by atoms with Gasteiger partial charge in [-0.2, -0.15) is 0 Å². The zero-order valence-electron chi connectivity index (χ0n) is 19.7. The zero-order valence-corrected chi connectivity index (χ0v) is 20.5. The van der Waals surface area contributed by atoms with E-state index in [0.29, 0.717) is 43.1 Å². The van der Waals surface area contributed by atoms with Crippen molar-refractivity contribution < 1.29 is 19.1 Å². The van der Waals surface area contributed by atoms with Crippen molar-refractivity contribution in [1.29, 1.82) is 0 Å². The van der Waals surface area contributed by atoms with E-state index in [4.69, 9.17) is 16.3 Å². The molecule has 1 saturated heterocycles. The molecule has 0 radical (unpaired) electrons. The van der Waals surface area contributed by atoms with Crippen LogP contribution in [0.4, 0.5) is 10.5 Å². The number of likely N-dealkylation sites (N-methyl/N-ethyl adjacent to an activating group) is 1. The summed E-state index contributed by atoms with van der Waals surface area (Å²) in [7, 11) is 1.75. The van der Waals surface area contributed by atoms with Gasteiger partial charge >= 0.3 is 6.09 Å². The fraction of sp³-hybridized carbons (Fsp3) is 0.346. The highest BCUT2D eigenvalue weighted by Crippen LogP contribution is 2.43. The molecular formula is C26H27ClN4O4. The first kappa shape index (κ1) is 23.2. The lowest BCUT2D eigenvalue weighted by Gasteiger charge is -2.44. The van der Waals surface area contributed by atoms with E-state index in [1.165, 1.54) is 0 Å². The number of rotatable bonds is 4. The average Bonchev–Trinajstić information content (AvgIpc) is 3.20. The molecular weight excluding hydrogens is 468 g/mol. The molecule has 35 heavy (non-hydrogen) atoms. The summed E-state index contributed by atoms with van der Waals surface area (Å²) < 4.78 is 7.58. The van der Waals surface area contributed by atoms with Crippen LogP contribution in [0, 0.1) is 0 Å². The Labute approximate surface area is 208 Å². The van der Waals surface area contributed by atoms with Gasteiger partial charge in [-0.3, -0.25) is 14.9 Å². The lowest BCUT2D eigenvalue weighted by atomic mass is 9.82. The highest BCUT2D eigenvalue weighted by Gasteiger charge is 2.45. The van der Waals surface area contributed by atoms with Gasteiger partial charge < -0.3 is 19.1 Å². The predicted molar refractivity (Wildman–Crippen MR) is 134 cm³/mol. The quantitative estimate of drug-likeness (QED) is 0.580. The maximum atomic E-state index is 13.6. The molecule has 0 aliphatic carbocycles. The van der Waals surface area contributed by atoms with Crippen molar-refractivity contribution in [1.82, 2.24) is 14.4 Å². The lowest BCUT2D eigenvalue weighted by Crippen LogP contribution is -2.49. The van der Waals surface area contributed by atoms with Crippen LogP contribution in [0.25, 0.3) is 10.9 Å². The fourth-order valence-electron chi connectivity index (χ4n) is 4.98. The first-order valence-electron chi connectivity index (χ1n) is 11.7. The summed E-state index contributed by atoms with van der Waals surface area (Å²) in [6, 6.07) is 13.0. The van der Waals surface area contributed by atoms with Gasteiger partial charge in [-0.1, -0.05) is 35.9 Å². The highest BCUT2D eigenvalue weighted by atomic mass is 35.5. The molecule has 2 aromatic carbocycles. The number of amides is 3. The van der Waals surface area contributed by atoms with Crippen LogP contribution in [-0.2, 0) is 21.7 Å². The van der Waals surface area contributed by atoms with Crippen molar-refractivity contribution in [3.63, 3.8) is 0 Å². The van der Waals surface area contributed by atoms with Gasteiger partial charge in [0.1, 0.15) is 12.1 Å². The average molecular weight is 495 g/mol. The predicted octanol–water partition coefficient (Wildman–Crippen LogP) is 4.47. The number of fused-ring (bicyclic) bond motifs is 3. The molecule has 0 unspecified atom stereocenters. The summed E-state index contributed by atoms with van der Waals surface area (Å²) in [5.74, 6) is -0.162. The number of aromatic nitrogens is 1. The summed E-state index contributed by atoms with van der Waals surface area (Å²) in [6.45, 7) is 3.52. The van der Waals surface area contributed by atoms with Crippen molar-refractivity contribution in [3.8, 4) is 0 Å². The second kappa shape index (κ2) is 8.92. The molecule has 2 aliphatic heterocycles. The zero-order chi connectivity index (χ0) is 24.7. The van der Waals surface area contributed by atoms with Gasteiger partial charge in [0.15, 0.2) is 0 Å². The number of ether oxygens (including phenoxy) is 1. The van der Waals surface area contributed by atoms with E-state index < -0.39 is 11.7 Å². The van der Waals surface area contributed by atoms with Crippen LogP contribution in [0.1, 0.15) is 35.7 Å². The maximum absolute atomic E-state index is 13.6. The van der Waals surface area contributed by atoms with E-state index in [-0.39, 0.29) is 18.4 Å². The molecule has 3 heterocycles. The third kappa shape index (κ3) is 4.12. The Bertz CT molecular complexity index is 1330. The molecule has 0 bridgehead atoms. The standard InChI is InChI=1S/C26H27ClN4O4/c1-3-29(2)23(32)16-31-15-19(18-9-8-17(27)14-22(18)31)24(33)30-12-10-26(11-13-30)20-6-4-5-7-21(20)28-25(34)35-26/h4-9,14-15H,3,10-13,16H2,1-2H3,(H,28,34). The van der Waals surface area contributed by atoms with Crippen LogP contribution in [0.3, 0.4) is 0 Å². The molecule has 0 atom stereocenters. The monoisotopic (exact) mass is 494 g/mol. The van der Waals surface area contributed by atoms with Crippen LogP contribution < -0.4 is 5.32 Å². The Hall–Kier alpha value is -3.52. The molecule has 0 saturated carbocycles. The lowest BCUT2D eigenvalue weighted by molar-refractivity contribution is -0.130. The summed E-state index contributed by atoms with van der Waals surface area (Å²) >= 11 is 6.24. The van der Waals surface area contributed by atoms with Gasteiger partial charge in [0.05, 0.1) is 16.8 Å². The Morgan fingerprint density at radius 3 is 2.66 bits per heavy atom. The van der Waals surface area contributed by atoms with Gasteiger partial charge in [0.2, 0.25) is 5.91 Å². The number of para-hydroxylation sites is 1. The van der Waals surface area contributed by atoms with Crippen molar-refractivity contribution in [2.75, 3.05) is 32.0 Å². The van der Waals surface area contributed by atoms with E-state index >= 15 is 0 Å². The van der Waals surface area contributed by atoms with E-state index in [1.807, 2.05) is 37.3 Å². The molecule has 3 amide bonds. The molecule has 9 heteroatoms. The van der Waals surface area contributed by atoms with Gasteiger partial charge in [-0.25, -0.2) is 4.79 Å². The Morgan fingerprint density at radius 2 is 1.91 bits per heavy atom. The first-order chi connectivity index (χ1) is 16.8. The highest BCUT2D eigenvalue weighted by molar-refractivity contribution is 6.31. The number of benzene rings is 2. The molecule has 8 nitrogen and oxygen atoms in total. The second-order valence-electron chi connectivity index (χ2n) is 9.09. The number of hydrogen-bond donors (Lipinski definition) is 1. The number of carbonyl (C=O) groups excluding carboxylic acids is 3. The maximum Gasteiger partial charge on any atom is 0.412 e. The number of anilines is 1. The fourth-order valence-corrected chi connectivity index (χ4v) is 5.15. The molecule has 2 aliphatic rings. The van der Waals surface area contributed by atoms with Crippen LogP contribution in [-0.4, -0.2) is 59.0 Å². The van der Waals surface area contributed by atoms with Crippen molar-refractivity contribution >= 4 is 46.1 Å². The number of nitrogens with zero attached hydrogens (tertiary/aromatic N) is 3. The number of hydrogen-bond acceptors (Lipinski definition) is 4. The van der Waals surface area contributed by atoms with E-state index in [2.05, 4.69) is 5.32 Å². The molecule has 1 aromatic heterocycles. The minimum absolute atomic E-state index is 0.0466. The van der Waals surface area contributed by atoms with Crippen LogP contribution >= 0.6 is 11.6 Å². The summed E-state index contributed by atoms with van der Waals surface area (Å²) in [4.78, 5) is 41.9. The van der Waals surface area contributed by atoms with Gasteiger partial charge in [-0.05, 0) is 25.1 Å². The summed E-state index contributed by atoms with van der Waals surface area (Å²) in [5, 5.41) is 4.06.